The fraction of sp³-hybridized carbons (Fsp3) is 0.214. The van der Waals surface area contributed by atoms with Gasteiger partial charge in [0.15, 0.2) is 0 Å². The Morgan fingerprint density at radius 3 is 2.35 bits per heavy atom. The predicted molar refractivity (Wildman–Crippen MR) is 139 cm³/mol. The van der Waals surface area contributed by atoms with Crippen LogP contribution in [-0.4, -0.2) is 28.4 Å². The zero-order valence-electron chi connectivity index (χ0n) is 20.6. The second kappa shape index (κ2) is 8.93. The molecule has 190 valence electrons. The third-order valence-electron chi connectivity index (χ3n) is 6.97. The van der Waals surface area contributed by atoms with Crippen LogP contribution in [0.15, 0.2) is 64.4 Å². The van der Waals surface area contributed by atoms with Crippen molar-refractivity contribution in [2.75, 3.05) is 0 Å². The summed E-state index contributed by atoms with van der Waals surface area (Å²) in [5, 5.41) is 9.43. The summed E-state index contributed by atoms with van der Waals surface area (Å²) in [6.07, 6.45) is 1.29. The number of rotatable bonds is 5. The molecule has 5 rings (SSSR count). The van der Waals surface area contributed by atoms with Crippen molar-refractivity contribution in [2.24, 2.45) is 0 Å². The van der Waals surface area contributed by atoms with E-state index in [0.717, 1.165) is 22.8 Å². The Labute approximate surface area is 213 Å². The molecule has 0 amide bonds. The smallest absolute Gasteiger partial charge is 0.341 e. The highest BCUT2D eigenvalue weighted by Crippen LogP contribution is 2.36. The van der Waals surface area contributed by atoms with Gasteiger partial charge >= 0.3 is 5.97 Å². The first-order valence-electron chi connectivity index (χ1n) is 11.8. The second-order valence-electron chi connectivity index (χ2n) is 9.29. The summed E-state index contributed by atoms with van der Waals surface area (Å²) in [6.45, 7) is 6.18. The van der Waals surface area contributed by atoms with E-state index in [4.69, 9.17) is 0 Å². The maximum atomic E-state index is 15.5. The number of sulfonamides is 1. The summed E-state index contributed by atoms with van der Waals surface area (Å²) in [7, 11) is -3.70. The number of aromatic nitrogens is 1. The Hall–Kier alpha value is -3.82. The van der Waals surface area contributed by atoms with Gasteiger partial charge in [0, 0.05) is 36.8 Å². The monoisotopic (exact) mass is 520 g/mol. The summed E-state index contributed by atoms with van der Waals surface area (Å²) in [4.78, 5) is 24.6. The number of carbonyl (C=O) groups is 1. The molecule has 0 fully saturated rings. The van der Waals surface area contributed by atoms with Crippen LogP contribution >= 0.6 is 0 Å². The van der Waals surface area contributed by atoms with Crippen molar-refractivity contribution in [2.45, 2.75) is 45.3 Å². The van der Waals surface area contributed by atoms with Gasteiger partial charge in [0.25, 0.3) is 0 Å². The first kappa shape index (κ1) is 24.9. The lowest BCUT2D eigenvalue weighted by Crippen LogP contribution is -2.25. The maximum absolute atomic E-state index is 15.5. The molecule has 0 saturated carbocycles. The van der Waals surface area contributed by atoms with E-state index in [0.29, 0.717) is 28.8 Å². The van der Waals surface area contributed by atoms with E-state index >= 15 is 4.39 Å². The SMILES string of the molecule is CCn1cc(C(=O)O)c(=O)c2cc(F)c(-c3ccc4c(c3)CN(S(=O)(=O)c3ccc(C)cc3)C4)c(C)c21. The highest BCUT2D eigenvalue weighted by molar-refractivity contribution is 7.89. The van der Waals surface area contributed by atoms with Gasteiger partial charge in [-0.1, -0.05) is 29.8 Å². The number of carboxylic acid groups (broad SMARTS) is 1. The predicted octanol–water partition coefficient (Wildman–Crippen LogP) is 4.85. The van der Waals surface area contributed by atoms with Crippen LogP contribution in [0.25, 0.3) is 22.0 Å². The number of benzene rings is 3. The summed E-state index contributed by atoms with van der Waals surface area (Å²) < 4.78 is 44.9. The van der Waals surface area contributed by atoms with Crippen molar-refractivity contribution < 1.29 is 22.7 Å². The van der Waals surface area contributed by atoms with Gasteiger partial charge < -0.3 is 9.67 Å². The average Bonchev–Trinajstić information content (AvgIpc) is 3.29. The van der Waals surface area contributed by atoms with Crippen molar-refractivity contribution >= 4 is 26.9 Å². The maximum Gasteiger partial charge on any atom is 0.341 e. The Bertz CT molecular complexity index is 1760. The molecule has 4 aromatic rings. The number of hydrogen-bond acceptors (Lipinski definition) is 4. The van der Waals surface area contributed by atoms with Crippen LogP contribution in [0.5, 0.6) is 0 Å². The van der Waals surface area contributed by atoms with Crippen molar-refractivity contribution in [3.05, 3.63) is 98.6 Å². The molecule has 1 aromatic heterocycles. The van der Waals surface area contributed by atoms with E-state index in [1.54, 1.807) is 54.0 Å². The van der Waals surface area contributed by atoms with Crippen molar-refractivity contribution in [1.82, 2.24) is 8.87 Å². The molecule has 0 spiro atoms. The van der Waals surface area contributed by atoms with Crippen molar-refractivity contribution in [3.63, 3.8) is 0 Å². The topological polar surface area (TPSA) is 96.7 Å². The third kappa shape index (κ3) is 4.04. The molecule has 0 atom stereocenters. The molecule has 7 nitrogen and oxygen atoms in total. The van der Waals surface area contributed by atoms with Gasteiger partial charge in [0.2, 0.25) is 15.5 Å². The van der Waals surface area contributed by atoms with E-state index in [1.165, 1.54) is 10.5 Å². The largest absolute Gasteiger partial charge is 0.477 e. The molecule has 0 radical (unpaired) electrons. The fourth-order valence-electron chi connectivity index (χ4n) is 5.04. The highest BCUT2D eigenvalue weighted by atomic mass is 32.2. The molecule has 0 aliphatic carbocycles. The molecule has 0 saturated heterocycles. The van der Waals surface area contributed by atoms with Crippen molar-refractivity contribution in [1.29, 1.82) is 0 Å². The number of carboxylic acids is 1. The number of aryl methyl sites for hydroxylation is 3. The Morgan fingerprint density at radius 2 is 1.70 bits per heavy atom. The number of fused-ring (bicyclic) bond motifs is 2. The summed E-state index contributed by atoms with van der Waals surface area (Å²) >= 11 is 0. The number of aromatic carboxylic acids is 1. The number of nitrogens with zero attached hydrogens (tertiary/aromatic N) is 2. The van der Waals surface area contributed by atoms with Gasteiger partial charge in [-0.3, -0.25) is 4.79 Å². The van der Waals surface area contributed by atoms with Crippen LogP contribution in [0.1, 0.15) is 39.5 Å². The minimum atomic E-state index is -3.70. The Kier molecular flexibility index (Phi) is 6.00. The van der Waals surface area contributed by atoms with E-state index < -0.39 is 32.8 Å². The lowest BCUT2D eigenvalue weighted by Gasteiger charge is -2.17. The summed E-state index contributed by atoms with van der Waals surface area (Å²) in [6, 6.07) is 13.1. The molecular formula is C28H25FN2O5S. The van der Waals surface area contributed by atoms with Gasteiger partial charge in [-0.2, -0.15) is 4.31 Å². The molecule has 1 N–H and O–H groups in total. The van der Waals surface area contributed by atoms with Gasteiger partial charge in [-0.25, -0.2) is 17.6 Å². The number of pyridine rings is 1. The molecule has 37 heavy (non-hydrogen) atoms. The quantitative estimate of drug-likeness (QED) is 0.406. The van der Waals surface area contributed by atoms with Crippen LogP contribution in [-0.2, 0) is 29.7 Å². The van der Waals surface area contributed by atoms with Gasteiger partial charge in [0.1, 0.15) is 11.4 Å². The Balaban J connectivity index is 1.59. The second-order valence-corrected chi connectivity index (χ2v) is 11.2. The summed E-state index contributed by atoms with van der Waals surface area (Å²) in [5.74, 6) is -2.01. The van der Waals surface area contributed by atoms with Crippen LogP contribution < -0.4 is 5.43 Å². The van der Waals surface area contributed by atoms with E-state index in [2.05, 4.69) is 0 Å². The molecule has 0 unspecified atom stereocenters. The zero-order chi connectivity index (χ0) is 26.6. The minimum absolute atomic E-state index is 0.0111. The molecule has 2 heterocycles. The van der Waals surface area contributed by atoms with Crippen LogP contribution in [0.4, 0.5) is 4.39 Å². The molecule has 9 heteroatoms. The minimum Gasteiger partial charge on any atom is -0.477 e. The molecule has 0 bridgehead atoms. The van der Waals surface area contributed by atoms with Crippen molar-refractivity contribution in [3.8, 4) is 11.1 Å². The standard InChI is InChI=1S/C28H25FN2O5S/c1-4-30-15-23(28(33)34)27(32)22-12-24(29)25(17(3)26(22)30)18-7-8-19-13-31(14-20(19)11-18)37(35,36)21-9-5-16(2)6-10-21/h5-12,15H,4,13-14H2,1-3H3,(H,33,34). The lowest BCUT2D eigenvalue weighted by atomic mass is 9.94. The first-order valence-corrected chi connectivity index (χ1v) is 13.3. The van der Waals surface area contributed by atoms with Gasteiger partial charge in [0.05, 0.1) is 10.4 Å². The van der Waals surface area contributed by atoms with Gasteiger partial charge in [-0.05, 0) is 67.3 Å². The lowest BCUT2D eigenvalue weighted by molar-refractivity contribution is 0.0694. The molecular weight excluding hydrogens is 495 g/mol. The molecule has 1 aliphatic rings. The molecule has 3 aromatic carbocycles. The van der Waals surface area contributed by atoms with Crippen LogP contribution in [0.3, 0.4) is 0 Å². The zero-order valence-corrected chi connectivity index (χ0v) is 21.4. The summed E-state index contributed by atoms with van der Waals surface area (Å²) in [5.41, 5.74) is 3.28. The van der Waals surface area contributed by atoms with Crippen LogP contribution in [0.2, 0.25) is 0 Å². The Morgan fingerprint density at radius 1 is 1.03 bits per heavy atom. The number of halogens is 1. The number of hydrogen-bond donors (Lipinski definition) is 1. The van der Waals surface area contributed by atoms with E-state index in [-0.39, 0.29) is 23.4 Å². The first-order chi connectivity index (χ1) is 17.5. The third-order valence-corrected chi connectivity index (χ3v) is 8.78. The highest BCUT2D eigenvalue weighted by Gasteiger charge is 2.31. The normalized spacial score (nSPS) is 13.7. The molecule has 1 aliphatic heterocycles. The van der Waals surface area contributed by atoms with Gasteiger partial charge in [-0.15, -0.1) is 0 Å². The van der Waals surface area contributed by atoms with Crippen LogP contribution in [0, 0.1) is 19.7 Å². The fourth-order valence-corrected chi connectivity index (χ4v) is 6.43. The van der Waals surface area contributed by atoms with E-state index in [9.17, 15) is 23.1 Å². The van der Waals surface area contributed by atoms with E-state index in [1.807, 2.05) is 13.8 Å². The average molecular weight is 521 g/mol.